The van der Waals surface area contributed by atoms with Crippen LogP contribution in [0.15, 0.2) is 58.3 Å². The van der Waals surface area contributed by atoms with E-state index in [0.717, 1.165) is 36.8 Å². The maximum atomic E-state index is 11.2. The fourth-order valence-electron chi connectivity index (χ4n) is 14.5. The monoisotopic (exact) mass is 1520 g/mol. The van der Waals surface area contributed by atoms with Crippen LogP contribution in [0.1, 0.15) is 487 Å². The van der Waals surface area contributed by atoms with Crippen LogP contribution >= 0.6 is 0 Å². The number of aryl methyl sites for hydroxylation is 2. The molecule has 0 unspecified atom stereocenters. The summed E-state index contributed by atoms with van der Waals surface area (Å²) in [6.45, 7) is 4.60. The second kappa shape index (κ2) is 76.9. The van der Waals surface area contributed by atoms with E-state index < -0.39 is 20.2 Å². The average Bonchev–Trinajstić information content (AvgIpc) is 0.942. The van der Waals surface area contributed by atoms with Gasteiger partial charge in [0.2, 0.25) is 0 Å². The molecule has 0 radical (unpaired) electrons. The SMILES string of the molecule is CCCCCCCCCCCCCCCCCCCCCCCCCCCCCCCCCCCCCCc1cccc(S(=O)(=O)[O-])c1.CCCCCCCCCCCCCCCCCCCCCCCCCCCCCCCCCCCCCCc1cccc(S(=O)(=O)[O-])c1.[Ba+2]. The average molecular weight is 1520 g/mol. The minimum atomic E-state index is -4.35. The Bertz CT molecular complexity index is 1950. The van der Waals surface area contributed by atoms with Gasteiger partial charge in [0.1, 0.15) is 20.2 Å². The molecule has 0 amide bonds. The number of hydrogen-bond acceptors (Lipinski definition) is 6. The molecule has 0 aliphatic carbocycles. The Morgan fingerprint density at radius 1 is 0.206 bits per heavy atom. The first-order valence-electron chi connectivity index (χ1n) is 43.2. The Kier molecular flexibility index (Phi) is 76.8. The Morgan fingerprint density at radius 3 is 0.454 bits per heavy atom. The second-order valence-corrected chi connectivity index (χ2v) is 33.2. The first-order valence-corrected chi connectivity index (χ1v) is 46.0. The minimum absolute atomic E-state index is 0. The van der Waals surface area contributed by atoms with Gasteiger partial charge in [0.25, 0.3) is 0 Å². The smallest absolute Gasteiger partial charge is 0.744 e. The van der Waals surface area contributed by atoms with Crippen molar-refractivity contribution >= 4 is 69.1 Å². The largest absolute Gasteiger partial charge is 2.00 e. The van der Waals surface area contributed by atoms with Gasteiger partial charge in [-0.1, -0.05) is 488 Å². The molecule has 0 saturated carbocycles. The quantitative estimate of drug-likeness (QED) is 0.0370. The fourth-order valence-corrected chi connectivity index (χ4v) is 15.6. The van der Waals surface area contributed by atoms with E-state index in [9.17, 15) is 25.9 Å². The zero-order valence-corrected chi connectivity index (χ0v) is 71.0. The molecule has 0 bridgehead atoms. The summed E-state index contributed by atoms with van der Waals surface area (Å²) in [6.07, 6.45) is 104. The Morgan fingerprint density at radius 2 is 0.330 bits per heavy atom. The van der Waals surface area contributed by atoms with Crippen molar-refractivity contribution < 1.29 is 25.9 Å². The van der Waals surface area contributed by atoms with Gasteiger partial charge in [0.05, 0.1) is 9.79 Å². The number of hydrogen-bond donors (Lipinski definition) is 0. The van der Waals surface area contributed by atoms with Crippen LogP contribution in [0.4, 0.5) is 0 Å². The van der Waals surface area contributed by atoms with Crippen LogP contribution in [0.25, 0.3) is 0 Å². The van der Waals surface area contributed by atoms with E-state index in [2.05, 4.69) is 13.8 Å². The maximum Gasteiger partial charge on any atom is 2.00 e. The third-order valence-electron chi connectivity index (χ3n) is 21.0. The molecule has 0 saturated heterocycles. The van der Waals surface area contributed by atoms with E-state index in [1.165, 1.54) is 474 Å². The van der Waals surface area contributed by atoms with Crippen molar-refractivity contribution in [1.82, 2.24) is 0 Å². The maximum absolute atomic E-state index is 11.2. The van der Waals surface area contributed by atoms with E-state index in [1.54, 1.807) is 12.1 Å². The van der Waals surface area contributed by atoms with E-state index in [1.807, 2.05) is 12.1 Å². The van der Waals surface area contributed by atoms with Crippen molar-refractivity contribution in [2.75, 3.05) is 0 Å². The van der Waals surface area contributed by atoms with Crippen LogP contribution in [0.5, 0.6) is 0 Å². The molecule has 9 heteroatoms. The summed E-state index contributed by atoms with van der Waals surface area (Å²) in [5.41, 5.74) is 1.90. The molecular weight excluding hydrogens is 1350 g/mol. The van der Waals surface area contributed by atoms with Crippen molar-refractivity contribution in [3.63, 3.8) is 0 Å². The molecular formula is C88H162BaO6S2. The predicted octanol–water partition coefficient (Wildman–Crippen LogP) is 30.0. The van der Waals surface area contributed by atoms with Crippen LogP contribution in [0.2, 0.25) is 0 Å². The first-order chi connectivity index (χ1) is 47.1. The third kappa shape index (κ3) is 72.6. The standard InChI is InChI=1S/2C44H82O3S.Ba/c2*1-2-3-4-5-6-7-8-9-10-11-12-13-14-15-16-17-18-19-20-21-22-23-24-25-26-27-28-29-30-31-32-33-34-35-36-37-39-43-40-38-41-44(42-43)48(45,46)47;/h2*38,40-42H,2-37,39H2,1H3,(H,45,46,47);/q;;+2/p-2. The molecule has 6 nitrogen and oxygen atoms in total. The van der Waals surface area contributed by atoms with Crippen LogP contribution < -0.4 is 0 Å². The molecule has 97 heavy (non-hydrogen) atoms. The first kappa shape index (κ1) is 96.8. The van der Waals surface area contributed by atoms with E-state index >= 15 is 0 Å². The van der Waals surface area contributed by atoms with Gasteiger partial charge in [0, 0.05) is 0 Å². The van der Waals surface area contributed by atoms with Crippen molar-refractivity contribution in [1.29, 1.82) is 0 Å². The minimum Gasteiger partial charge on any atom is -0.744 e. The number of benzene rings is 2. The van der Waals surface area contributed by atoms with Crippen LogP contribution in [0.3, 0.4) is 0 Å². The predicted molar refractivity (Wildman–Crippen MR) is 426 cm³/mol. The molecule has 0 N–H and O–H groups in total. The van der Waals surface area contributed by atoms with E-state index in [0.29, 0.717) is 0 Å². The van der Waals surface area contributed by atoms with E-state index in [4.69, 9.17) is 0 Å². The summed E-state index contributed by atoms with van der Waals surface area (Å²) in [7, 11) is -8.70. The van der Waals surface area contributed by atoms with Gasteiger partial charge in [-0.2, -0.15) is 0 Å². The Hall–Kier alpha value is -0.169. The molecule has 2 rings (SSSR count). The van der Waals surface area contributed by atoms with Crippen molar-refractivity contribution in [3.8, 4) is 0 Å². The van der Waals surface area contributed by atoms with Gasteiger partial charge < -0.3 is 9.11 Å². The summed E-state index contributed by atoms with van der Waals surface area (Å²) in [5, 5.41) is 0. The summed E-state index contributed by atoms with van der Waals surface area (Å²) in [6, 6.07) is 13.0. The summed E-state index contributed by atoms with van der Waals surface area (Å²) >= 11 is 0. The number of unbranched alkanes of at least 4 members (excludes halogenated alkanes) is 70. The van der Waals surface area contributed by atoms with Crippen LogP contribution in [0, 0.1) is 0 Å². The molecule has 0 spiro atoms. The molecule has 564 valence electrons. The van der Waals surface area contributed by atoms with Gasteiger partial charge in [-0.25, -0.2) is 16.8 Å². The molecule has 0 atom stereocenters. The van der Waals surface area contributed by atoms with Gasteiger partial charge in [0.15, 0.2) is 0 Å². The molecule has 2 aromatic rings. The zero-order valence-electron chi connectivity index (χ0n) is 64.9. The van der Waals surface area contributed by atoms with Gasteiger partial charge in [-0.3, -0.25) is 0 Å². The van der Waals surface area contributed by atoms with Gasteiger partial charge in [-0.05, 0) is 61.1 Å². The summed E-state index contributed by atoms with van der Waals surface area (Å²) in [4.78, 5) is -0.210. The molecule has 0 fully saturated rings. The van der Waals surface area contributed by atoms with Crippen molar-refractivity contribution in [2.45, 2.75) is 499 Å². The molecule has 0 aliphatic heterocycles. The van der Waals surface area contributed by atoms with Crippen molar-refractivity contribution in [3.05, 3.63) is 59.7 Å². The van der Waals surface area contributed by atoms with Crippen LogP contribution in [-0.4, -0.2) is 74.8 Å². The molecule has 0 aliphatic rings. The molecule has 0 aromatic heterocycles. The molecule has 0 heterocycles. The van der Waals surface area contributed by atoms with Gasteiger partial charge >= 0.3 is 48.9 Å². The number of rotatable bonds is 76. The van der Waals surface area contributed by atoms with Crippen molar-refractivity contribution in [2.24, 2.45) is 0 Å². The van der Waals surface area contributed by atoms with Crippen LogP contribution in [-0.2, 0) is 33.1 Å². The fraction of sp³-hybridized carbons (Fsp3) is 0.864. The third-order valence-corrected chi connectivity index (χ3v) is 22.7. The Balaban J connectivity index is 0.00000188. The zero-order chi connectivity index (χ0) is 69.3. The summed E-state index contributed by atoms with van der Waals surface area (Å²) in [5.74, 6) is 0. The Labute approximate surface area is 647 Å². The molecule has 2 aromatic carbocycles. The summed E-state index contributed by atoms with van der Waals surface area (Å²) < 4.78 is 67.0. The normalized spacial score (nSPS) is 11.8. The van der Waals surface area contributed by atoms with E-state index in [-0.39, 0.29) is 58.7 Å². The van der Waals surface area contributed by atoms with Gasteiger partial charge in [-0.15, -0.1) is 0 Å². The topological polar surface area (TPSA) is 114 Å². The second-order valence-electron chi connectivity index (χ2n) is 30.5.